The van der Waals surface area contributed by atoms with Crippen LogP contribution in [0.3, 0.4) is 0 Å². The third-order valence-corrected chi connectivity index (χ3v) is 5.04. The molecule has 1 unspecified atom stereocenters. The molecule has 1 rings (SSSR count). The second-order valence-electron chi connectivity index (χ2n) is 6.15. The Kier molecular flexibility index (Phi) is 9.29. The molecule has 0 aliphatic heterocycles. The Morgan fingerprint density at radius 1 is 1.08 bits per heavy atom. The summed E-state index contributed by atoms with van der Waals surface area (Å²) in [4.78, 5) is 22.8. The molecule has 26 heavy (non-hydrogen) atoms. The van der Waals surface area contributed by atoms with Crippen molar-refractivity contribution in [2.45, 2.75) is 63.5 Å². The minimum atomic E-state index is -4.88. The quantitative estimate of drug-likeness (QED) is 0.245. The predicted octanol–water partition coefficient (Wildman–Crippen LogP) is 3.23. The highest BCUT2D eigenvalue weighted by Crippen LogP contribution is 2.22. The summed E-state index contributed by atoms with van der Waals surface area (Å²) in [6.07, 6.45) is 6.21. The first-order valence-electron chi connectivity index (χ1n) is 8.73. The number of para-hydroxylation sites is 1. The van der Waals surface area contributed by atoms with Crippen LogP contribution in [0.1, 0.15) is 57.4 Å². The molecule has 0 fully saturated rings. The average molecular weight is 386 g/mol. The normalized spacial score (nSPS) is 12.5. The van der Waals surface area contributed by atoms with Gasteiger partial charge in [-0.15, -0.1) is 0 Å². The molecule has 0 spiro atoms. The van der Waals surface area contributed by atoms with Gasteiger partial charge in [0.25, 0.3) is 10.1 Å². The van der Waals surface area contributed by atoms with Gasteiger partial charge in [0.15, 0.2) is 5.25 Å². The number of rotatable bonds is 12. The van der Waals surface area contributed by atoms with E-state index in [1.807, 2.05) is 0 Å². The molecule has 0 bridgehead atoms. The number of benzene rings is 1. The minimum absolute atomic E-state index is 0.185. The highest BCUT2D eigenvalue weighted by molar-refractivity contribution is 7.87. The average Bonchev–Trinajstić information content (AvgIpc) is 2.56. The van der Waals surface area contributed by atoms with Crippen LogP contribution in [0.25, 0.3) is 0 Å². The van der Waals surface area contributed by atoms with Crippen LogP contribution in [-0.4, -0.2) is 35.3 Å². The fourth-order valence-corrected chi connectivity index (χ4v) is 3.19. The fraction of sp³-hybridized carbons (Fsp3) is 0.556. The summed E-state index contributed by atoms with van der Waals surface area (Å²) in [5.74, 6) is -2.64. The fourth-order valence-electron chi connectivity index (χ4n) is 2.55. The highest BCUT2D eigenvalue weighted by Gasteiger charge is 2.35. The maximum atomic E-state index is 12.1. The summed E-state index contributed by atoms with van der Waals surface area (Å²) in [5.41, 5.74) is 0.737. The molecular weight excluding hydrogens is 360 g/mol. The predicted molar refractivity (Wildman–Crippen MR) is 96.7 cm³/mol. The lowest BCUT2D eigenvalue weighted by molar-refractivity contribution is -0.142. The molecule has 1 aromatic carbocycles. The van der Waals surface area contributed by atoms with Crippen LogP contribution in [0.15, 0.2) is 24.3 Å². The Hall–Kier alpha value is -1.93. The first-order chi connectivity index (χ1) is 12.3. The summed E-state index contributed by atoms with van der Waals surface area (Å²) in [6.45, 7) is 2.15. The van der Waals surface area contributed by atoms with Crippen molar-refractivity contribution in [1.29, 1.82) is 0 Å². The van der Waals surface area contributed by atoms with Crippen LogP contribution in [0.4, 0.5) is 0 Å². The zero-order valence-electron chi connectivity index (χ0n) is 14.9. The molecule has 0 aliphatic rings. The molecule has 0 saturated heterocycles. The number of ether oxygens (including phenoxy) is 1. The van der Waals surface area contributed by atoms with Crippen molar-refractivity contribution < 1.29 is 32.4 Å². The maximum Gasteiger partial charge on any atom is 0.332 e. The van der Waals surface area contributed by atoms with Gasteiger partial charge in [-0.05, 0) is 24.5 Å². The van der Waals surface area contributed by atoms with Gasteiger partial charge < -0.3 is 9.84 Å². The van der Waals surface area contributed by atoms with Gasteiger partial charge in [-0.25, -0.2) is 0 Å². The first kappa shape index (κ1) is 22.1. The largest absolute Gasteiger partial charge is 0.481 e. The van der Waals surface area contributed by atoms with Crippen molar-refractivity contribution in [3.05, 3.63) is 29.8 Å². The Labute approximate surface area is 154 Å². The lowest BCUT2D eigenvalue weighted by Gasteiger charge is -2.14. The van der Waals surface area contributed by atoms with E-state index in [9.17, 15) is 18.0 Å². The molecule has 8 heteroatoms. The number of hydrogen-bond acceptors (Lipinski definition) is 5. The Bertz CT molecular complexity index is 697. The lowest BCUT2D eigenvalue weighted by atomic mass is 10.0. The van der Waals surface area contributed by atoms with Crippen LogP contribution < -0.4 is 4.74 Å². The molecule has 1 atom stereocenters. The van der Waals surface area contributed by atoms with E-state index in [0.29, 0.717) is 6.42 Å². The van der Waals surface area contributed by atoms with Crippen LogP contribution >= 0.6 is 0 Å². The second kappa shape index (κ2) is 10.9. The molecular formula is C18H26O7S. The maximum absolute atomic E-state index is 12.1. The van der Waals surface area contributed by atoms with Gasteiger partial charge in [0.1, 0.15) is 5.75 Å². The van der Waals surface area contributed by atoms with Crippen molar-refractivity contribution >= 4 is 22.1 Å². The summed E-state index contributed by atoms with van der Waals surface area (Å²) >= 11 is 0. The first-order valence-corrected chi connectivity index (χ1v) is 10.2. The number of carboxylic acids is 1. The molecule has 2 N–H and O–H groups in total. The Morgan fingerprint density at radius 2 is 1.69 bits per heavy atom. The molecule has 0 saturated carbocycles. The number of carboxylic acid groups (broad SMARTS) is 1. The van der Waals surface area contributed by atoms with E-state index in [1.54, 1.807) is 18.2 Å². The number of esters is 1. The minimum Gasteiger partial charge on any atom is -0.481 e. The summed E-state index contributed by atoms with van der Waals surface area (Å²) in [6, 6.07) is 6.70. The highest BCUT2D eigenvalue weighted by atomic mass is 32.2. The number of carbonyl (C=O) groups is 2. The second-order valence-corrected chi connectivity index (χ2v) is 7.75. The van der Waals surface area contributed by atoms with Crippen molar-refractivity contribution in [2.75, 3.05) is 0 Å². The van der Waals surface area contributed by atoms with Gasteiger partial charge in [-0.1, -0.05) is 57.2 Å². The van der Waals surface area contributed by atoms with Crippen molar-refractivity contribution in [1.82, 2.24) is 0 Å². The number of aryl methyl sites for hydroxylation is 1. The number of unbranched alkanes of at least 4 members (excludes halogenated alkanes) is 5. The van der Waals surface area contributed by atoms with Gasteiger partial charge in [0.2, 0.25) is 0 Å². The van der Waals surface area contributed by atoms with Crippen LogP contribution in [0, 0.1) is 0 Å². The molecule has 0 radical (unpaired) electrons. The van der Waals surface area contributed by atoms with E-state index in [-0.39, 0.29) is 5.75 Å². The van der Waals surface area contributed by atoms with Gasteiger partial charge in [-0.2, -0.15) is 8.42 Å². The Morgan fingerprint density at radius 3 is 2.31 bits per heavy atom. The van der Waals surface area contributed by atoms with Crippen LogP contribution in [0.5, 0.6) is 5.75 Å². The summed E-state index contributed by atoms with van der Waals surface area (Å²) in [7, 11) is -4.88. The standard InChI is InChI=1S/C18H26O7S/c1-2-3-4-5-6-7-10-14-11-8-9-12-15(14)25-18(21)16(13-17(19)20)26(22,23)24/h8-9,11-12,16H,2-7,10,13H2,1H3,(H,19,20)(H,22,23,24). The SMILES string of the molecule is CCCCCCCCc1ccccc1OC(=O)C(CC(=O)O)S(=O)(=O)O. The zero-order chi connectivity index (χ0) is 19.6. The summed E-state index contributed by atoms with van der Waals surface area (Å²) in [5, 5.41) is 6.59. The molecule has 146 valence electrons. The number of hydrogen-bond donors (Lipinski definition) is 2. The smallest absolute Gasteiger partial charge is 0.332 e. The third kappa shape index (κ3) is 7.97. The van der Waals surface area contributed by atoms with E-state index >= 15 is 0 Å². The summed E-state index contributed by atoms with van der Waals surface area (Å²) < 4.78 is 36.7. The van der Waals surface area contributed by atoms with Gasteiger partial charge >= 0.3 is 11.9 Å². The van der Waals surface area contributed by atoms with Crippen LogP contribution in [-0.2, 0) is 26.1 Å². The molecule has 0 amide bonds. The van der Waals surface area contributed by atoms with E-state index < -0.39 is 33.7 Å². The molecule has 7 nitrogen and oxygen atoms in total. The Balaban J connectivity index is 2.73. The van der Waals surface area contributed by atoms with Crippen LogP contribution in [0.2, 0.25) is 0 Å². The zero-order valence-corrected chi connectivity index (χ0v) is 15.7. The van der Waals surface area contributed by atoms with Crippen molar-refractivity contribution in [3.8, 4) is 5.75 Å². The molecule has 1 aromatic rings. The van der Waals surface area contributed by atoms with Gasteiger partial charge in [0, 0.05) is 0 Å². The van der Waals surface area contributed by atoms with Gasteiger partial charge in [0.05, 0.1) is 6.42 Å². The monoisotopic (exact) mass is 386 g/mol. The van der Waals surface area contributed by atoms with E-state index in [4.69, 9.17) is 14.4 Å². The molecule has 0 heterocycles. The molecule has 0 aromatic heterocycles. The third-order valence-electron chi connectivity index (χ3n) is 3.97. The van der Waals surface area contributed by atoms with E-state index in [0.717, 1.165) is 24.8 Å². The number of aliphatic carboxylic acids is 1. The van der Waals surface area contributed by atoms with Crippen molar-refractivity contribution in [2.24, 2.45) is 0 Å². The van der Waals surface area contributed by atoms with E-state index in [2.05, 4.69) is 6.92 Å². The van der Waals surface area contributed by atoms with Crippen molar-refractivity contribution in [3.63, 3.8) is 0 Å². The lowest BCUT2D eigenvalue weighted by Crippen LogP contribution is -2.35. The number of carbonyl (C=O) groups excluding carboxylic acids is 1. The van der Waals surface area contributed by atoms with Gasteiger partial charge in [-0.3, -0.25) is 14.1 Å². The van der Waals surface area contributed by atoms with E-state index in [1.165, 1.54) is 25.3 Å². The topological polar surface area (TPSA) is 118 Å². The molecule has 0 aliphatic carbocycles.